The molecule has 3 aromatic carbocycles. The number of aryl methyl sites for hydroxylation is 1. The zero-order chi connectivity index (χ0) is 24.4. The summed E-state index contributed by atoms with van der Waals surface area (Å²) in [4.78, 5) is 41.6. The fraction of sp³-hybridized carbons (Fsp3) is 0.125. The molecule has 8 nitrogen and oxygen atoms in total. The molecule has 0 aliphatic rings. The molecular formula is C24H19ClN4O4S. The lowest BCUT2D eigenvalue weighted by molar-refractivity contribution is -0.384. The molecule has 1 aromatic heterocycles. The second kappa shape index (κ2) is 9.66. The first-order valence-electron chi connectivity index (χ1n) is 10.2. The van der Waals surface area contributed by atoms with Crippen molar-refractivity contribution >= 4 is 51.5 Å². The van der Waals surface area contributed by atoms with Crippen LogP contribution in [0.15, 0.2) is 70.6 Å². The van der Waals surface area contributed by atoms with Gasteiger partial charge in [0.2, 0.25) is 5.91 Å². The highest BCUT2D eigenvalue weighted by atomic mass is 35.5. The van der Waals surface area contributed by atoms with Crippen molar-refractivity contribution < 1.29 is 9.72 Å². The van der Waals surface area contributed by atoms with Crippen LogP contribution < -0.4 is 10.9 Å². The molecule has 34 heavy (non-hydrogen) atoms. The molecule has 0 aliphatic heterocycles. The highest BCUT2D eigenvalue weighted by molar-refractivity contribution is 7.99. The Morgan fingerprint density at radius 1 is 1.12 bits per heavy atom. The maximum atomic E-state index is 13.4. The van der Waals surface area contributed by atoms with Crippen molar-refractivity contribution in [1.29, 1.82) is 0 Å². The number of nitro benzene ring substituents is 1. The monoisotopic (exact) mass is 494 g/mol. The first-order valence-corrected chi connectivity index (χ1v) is 11.6. The van der Waals surface area contributed by atoms with Crippen LogP contribution in [0.25, 0.3) is 16.6 Å². The number of carbonyl (C=O) groups excluding carboxylic acids is 1. The lowest BCUT2D eigenvalue weighted by Crippen LogP contribution is -2.23. The summed E-state index contributed by atoms with van der Waals surface area (Å²) in [6.45, 7) is 3.48. The summed E-state index contributed by atoms with van der Waals surface area (Å²) in [6.07, 6.45) is 0. The van der Waals surface area contributed by atoms with Gasteiger partial charge in [-0.05, 0) is 49.2 Å². The molecule has 0 fully saturated rings. The smallest absolute Gasteiger partial charge is 0.293 e. The van der Waals surface area contributed by atoms with Gasteiger partial charge < -0.3 is 5.32 Å². The van der Waals surface area contributed by atoms with Gasteiger partial charge in [0, 0.05) is 11.1 Å². The van der Waals surface area contributed by atoms with E-state index in [0.29, 0.717) is 37.9 Å². The molecule has 0 unspecified atom stereocenters. The number of nitro groups is 1. The minimum Gasteiger partial charge on any atom is -0.319 e. The van der Waals surface area contributed by atoms with Crippen molar-refractivity contribution in [3.63, 3.8) is 0 Å². The normalized spacial score (nSPS) is 10.9. The van der Waals surface area contributed by atoms with Gasteiger partial charge in [0.1, 0.15) is 5.69 Å². The number of hydrogen-bond donors (Lipinski definition) is 1. The number of rotatable bonds is 6. The van der Waals surface area contributed by atoms with Crippen LogP contribution in [0.1, 0.15) is 11.1 Å². The van der Waals surface area contributed by atoms with Gasteiger partial charge in [-0.15, -0.1) is 0 Å². The van der Waals surface area contributed by atoms with Crippen LogP contribution in [0.5, 0.6) is 0 Å². The molecule has 0 aliphatic carbocycles. The number of halogens is 1. The zero-order valence-corrected chi connectivity index (χ0v) is 19.8. The third kappa shape index (κ3) is 4.52. The Kier molecular flexibility index (Phi) is 6.67. The predicted molar refractivity (Wildman–Crippen MR) is 134 cm³/mol. The summed E-state index contributed by atoms with van der Waals surface area (Å²) in [7, 11) is 0. The molecule has 172 valence electrons. The lowest BCUT2D eigenvalue weighted by Gasteiger charge is -2.16. The van der Waals surface area contributed by atoms with E-state index in [9.17, 15) is 19.7 Å². The average Bonchev–Trinajstić information content (AvgIpc) is 2.81. The second-order valence-electron chi connectivity index (χ2n) is 7.50. The van der Waals surface area contributed by atoms with Crippen LogP contribution >= 0.6 is 23.4 Å². The van der Waals surface area contributed by atoms with Gasteiger partial charge in [-0.2, -0.15) is 0 Å². The first kappa shape index (κ1) is 23.5. The van der Waals surface area contributed by atoms with Gasteiger partial charge >= 0.3 is 0 Å². The van der Waals surface area contributed by atoms with Crippen LogP contribution in [-0.2, 0) is 4.79 Å². The molecule has 1 amide bonds. The predicted octanol–water partition coefficient (Wildman–Crippen LogP) is 5.29. The summed E-state index contributed by atoms with van der Waals surface area (Å²) in [6, 6.07) is 16.8. The molecule has 0 saturated carbocycles. The third-order valence-electron chi connectivity index (χ3n) is 5.27. The van der Waals surface area contributed by atoms with Crippen molar-refractivity contribution in [1.82, 2.24) is 9.55 Å². The number of fused-ring (bicyclic) bond motifs is 1. The van der Waals surface area contributed by atoms with E-state index in [4.69, 9.17) is 11.6 Å². The van der Waals surface area contributed by atoms with E-state index in [-0.39, 0.29) is 22.7 Å². The molecule has 0 spiro atoms. The van der Waals surface area contributed by atoms with Crippen molar-refractivity contribution in [2.45, 2.75) is 19.0 Å². The number of anilines is 1. The van der Waals surface area contributed by atoms with E-state index < -0.39 is 10.8 Å². The standard InChI is InChI=1S/C24H19ClN4O4S/c1-14-7-5-12-20(29(32)33)22(14)27-21(30)13-34-24-26-18-10-4-3-8-16(18)23(31)28(24)19-11-6-9-17(25)15(19)2/h3-12H,13H2,1-2H3,(H,27,30). The van der Waals surface area contributed by atoms with Crippen LogP contribution in [0, 0.1) is 24.0 Å². The number of nitrogens with zero attached hydrogens (tertiary/aromatic N) is 3. The van der Waals surface area contributed by atoms with E-state index >= 15 is 0 Å². The number of amides is 1. The van der Waals surface area contributed by atoms with E-state index in [2.05, 4.69) is 10.3 Å². The molecule has 0 saturated heterocycles. The van der Waals surface area contributed by atoms with Crippen LogP contribution in [0.4, 0.5) is 11.4 Å². The van der Waals surface area contributed by atoms with E-state index in [0.717, 1.165) is 11.8 Å². The summed E-state index contributed by atoms with van der Waals surface area (Å²) in [5, 5.41) is 15.2. The Morgan fingerprint density at radius 2 is 1.85 bits per heavy atom. The van der Waals surface area contributed by atoms with Gasteiger partial charge in [-0.1, -0.05) is 53.7 Å². The number of nitrogens with one attached hydrogen (secondary N) is 1. The molecular weight excluding hydrogens is 476 g/mol. The quantitative estimate of drug-likeness (QED) is 0.169. The van der Waals surface area contributed by atoms with Crippen LogP contribution in [0.3, 0.4) is 0 Å². The molecule has 0 atom stereocenters. The number of benzene rings is 3. The van der Waals surface area contributed by atoms with Gasteiger partial charge in [-0.3, -0.25) is 24.3 Å². The first-order chi connectivity index (χ1) is 16.3. The number of para-hydroxylation sites is 2. The van der Waals surface area contributed by atoms with Crippen LogP contribution in [0.2, 0.25) is 5.02 Å². The van der Waals surface area contributed by atoms with Crippen LogP contribution in [-0.4, -0.2) is 26.1 Å². The summed E-state index contributed by atoms with van der Waals surface area (Å²) in [5.74, 6) is -0.574. The minimum atomic E-state index is -0.541. The SMILES string of the molecule is Cc1cccc([N+](=O)[O-])c1NC(=O)CSc1nc2ccccc2c(=O)n1-c1cccc(Cl)c1C. The van der Waals surface area contributed by atoms with Crippen molar-refractivity contribution in [2.24, 2.45) is 0 Å². The molecule has 4 rings (SSSR count). The maximum absolute atomic E-state index is 13.4. The Bertz CT molecular complexity index is 1500. The summed E-state index contributed by atoms with van der Waals surface area (Å²) in [5.41, 5.74) is 2.01. The summed E-state index contributed by atoms with van der Waals surface area (Å²) < 4.78 is 1.44. The van der Waals surface area contributed by atoms with Gasteiger partial charge in [-0.25, -0.2) is 4.98 Å². The fourth-order valence-corrected chi connectivity index (χ4v) is 4.51. The highest BCUT2D eigenvalue weighted by Crippen LogP contribution is 2.29. The second-order valence-corrected chi connectivity index (χ2v) is 8.85. The Hall–Kier alpha value is -3.69. The molecule has 10 heteroatoms. The number of aromatic nitrogens is 2. The molecule has 4 aromatic rings. The van der Waals surface area contributed by atoms with Gasteiger partial charge in [0.15, 0.2) is 5.16 Å². The van der Waals surface area contributed by atoms with Crippen molar-refractivity contribution in [3.8, 4) is 5.69 Å². The van der Waals surface area contributed by atoms with E-state index in [1.165, 1.54) is 10.6 Å². The van der Waals surface area contributed by atoms with Crippen molar-refractivity contribution in [3.05, 3.63) is 97.3 Å². The molecule has 1 N–H and O–H groups in total. The Morgan fingerprint density at radius 3 is 2.62 bits per heavy atom. The Balaban J connectivity index is 1.72. The fourth-order valence-electron chi connectivity index (χ4n) is 3.53. The van der Waals surface area contributed by atoms with Crippen molar-refractivity contribution in [2.75, 3.05) is 11.1 Å². The average molecular weight is 495 g/mol. The summed E-state index contributed by atoms with van der Waals surface area (Å²) >= 11 is 7.36. The van der Waals surface area contributed by atoms with E-state index in [1.54, 1.807) is 68.4 Å². The maximum Gasteiger partial charge on any atom is 0.293 e. The molecule has 0 radical (unpaired) electrons. The zero-order valence-electron chi connectivity index (χ0n) is 18.2. The molecule has 0 bridgehead atoms. The number of thioether (sulfide) groups is 1. The molecule has 1 heterocycles. The Labute approximate surface area is 203 Å². The third-order valence-corrected chi connectivity index (χ3v) is 6.62. The number of hydrogen-bond acceptors (Lipinski definition) is 6. The largest absolute Gasteiger partial charge is 0.319 e. The topological polar surface area (TPSA) is 107 Å². The van der Waals surface area contributed by atoms with Gasteiger partial charge in [0.25, 0.3) is 11.2 Å². The minimum absolute atomic E-state index is 0.115. The number of carbonyl (C=O) groups is 1. The van der Waals surface area contributed by atoms with Gasteiger partial charge in [0.05, 0.1) is 27.3 Å². The lowest BCUT2D eigenvalue weighted by atomic mass is 10.1. The van der Waals surface area contributed by atoms with E-state index in [1.807, 2.05) is 0 Å². The highest BCUT2D eigenvalue weighted by Gasteiger charge is 2.20.